The summed E-state index contributed by atoms with van der Waals surface area (Å²) < 4.78 is 68.6. The lowest BCUT2D eigenvalue weighted by atomic mass is 10.2. The van der Waals surface area contributed by atoms with Crippen molar-refractivity contribution in [1.29, 1.82) is 0 Å². The van der Waals surface area contributed by atoms with Gasteiger partial charge in [0, 0.05) is 6.20 Å². The standard InChI is InChI=1S/C10H5ClF5N3O2/c1-21-7(20)4-2-5(11)6-17-18-8(19(6)3-4)9(12,13)10(14,15)16/h2-3H,1H3. The van der Waals surface area contributed by atoms with Gasteiger partial charge in [0.05, 0.1) is 17.7 Å². The summed E-state index contributed by atoms with van der Waals surface area (Å²) in [5, 5.41) is 5.68. The van der Waals surface area contributed by atoms with Crippen molar-refractivity contribution in [3.63, 3.8) is 0 Å². The van der Waals surface area contributed by atoms with Gasteiger partial charge >= 0.3 is 18.1 Å². The maximum Gasteiger partial charge on any atom is 0.461 e. The average Bonchev–Trinajstić information content (AvgIpc) is 2.81. The van der Waals surface area contributed by atoms with Gasteiger partial charge in [-0.25, -0.2) is 4.79 Å². The highest BCUT2D eigenvalue weighted by Crippen LogP contribution is 2.43. The second kappa shape index (κ2) is 4.79. The van der Waals surface area contributed by atoms with Crippen LogP contribution in [0.2, 0.25) is 5.02 Å². The van der Waals surface area contributed by atoms with Crippen molar-refractivity contribution < 1.29 is 31.5 Å². The number of hydrogen-bond donors (Lipinski definition) is 0. The highest BCUT2D eigenvalue weighted by atomic mass is 35.5. The van der Waals surface area contributed by atoms with Gasteiger partial charge in [0.2, 0.25) is 5.82 Å². The van der Waals surface area contributed by atoms with Crippen LogP contribution in [-0.2, 0) is 10.7 Å². The molecular formula is C10H5ClF5N3O2. The number of methoxy groups -OCH3 is 1. The lowest BCUT2D eigenvalue weighted by molar-refractivity contribution is -0.292. The van der Waals surface area contributed by atoms with E-state index in [1.807, 2.05) is 0 Å². The Bertz CT molecular complexity index is 713. The minimum Gasteiger partial charge on any atom is -0.465 e. The molecule has 0 saturated heterocycles. The van der Waals surface area contributed by atoms with Gasteiger partial charge in [-0.2, -0.15) is 22.0 Å². The molecule has 0 fully saturated rings. The van der Waals surface area contributed by atoms with E-state index in [-0.39, 0.29) is 10.6 Å². The number of pyridine rings is 1. The fourth-order valence-electron chi connectivity index (χ4n) is 1.52. The SMILES string of the molecule is COC(=O)c1cc(Cl)c2nnc(C(F)(F)C(F)(F)F)n2c1. The Morgan fingerprint density at radius 3 is 2.43 bits per heavy atom. The van der Waals surface area contributed by atoms with E-state index in [0.29, 0.717) is 10.6 Å². The van der Waals surface area contributed by atoms with Crippen LogP contribution in [0.15, 0.2) is 12.3 Å². The van der Waals surface area contributed by atoms with E-state index in [1.165, 1.54) is 0 Å². The molecule has 0 atom stereocenters. The van der Waals surface area contributed by atoms with Crippen molar-refractivity contribution >= 4 is 23.2 Å². The summed E-state index contributed by atoms with van der Waals surface area (Å²) in [6, 6.07) is 1.02. The molecule has 5 nitrogen and oxygen atoms in total. The maximum absolute atomic E-state index is 13.4. The molecule has 0 N–H and O–H groups in total. The molecule has 0 bridgehead atoms. The molecule has 0 aliphatic rings. The number of halogens is 6. The van der Waals surface area contributed by atoms with E-state index in [0.717, 1.165) is 13.2 Å². The van der Waals surface area contributed by atoms with Crippen LogP contribution in [0.25, 0.3) is 5.65 Å². The number of alkyl halides is 5. The molecule has 0 aliphatic carbocycles. The van der Waals surface area contributed by atoms with E-state index in [4.69, 9.17) is 11.6 Å². The van der Waals surface area contributed by atoms with Crippen LogP contribution < -0.4 is 0 Å². The predicted octanol–water partition coefficient (Wildman–Crippen LogP) is 2.82. The average molecular weight is 330 g/mol. The molecule has 2 heterocycles. The van der Waals surface area contributed by atoms with Crippen LogP contribution in [-0.4, -0.2) is 33.9 Å². The van der Waals surface area contributed by atoms with Crippen LogP contribution in [0.3, 0.4) is 0 Å². The molecule has 0 unspecified atom stereocenters. The third-order valence-electron chi connectivity index (χ3n) is 2.52. The minimum absolute atomic E-state index is 0.308. The van der Waals surface area contributed by atoms with Crippen molar-refractivity contribution in [1.82, 2.24) is 14.6 Å². The van der Waals surface area contributed by atoms with Crippen molar-refractivity contribution in [3.05, 3.63) is 28.7 Å². The van der Waals surface area contributed by atoms with E-state index >= 15 is 0 Å². The number of hydrogen-bond acceptors (Lipinski definition) is 4. The summed E-state index contributed by atoms with van der Waals surface area (Å²) in [6.07, 6.45) is -5.17. The largest absolute Gasteiger partial charge is 0.465 e. The third kappa shape index (κ3) is 2.39. The Kier molecular flexibility index (Phi) is 3.52. The van der Waals surface area contributed by atoms with E-state index in [1.54, 1.807) is 0 Å². The highest BCUT2D eigenvalue weighted by molar-refractivity contribution is 6.33. The normalized spacial score (nSPS) is 12.7. The van der Waals surface area contributed by atoms with Gasteiger partial charge < -0.3 is 4.74 Å². The summed E-state index contributed by atoms with van der Waals surface area (Å²) in [6.45, 7) is 0. The van der Waals surface area contributed by atoms with Crippen molar-refractivity contribution in [2.75, 3.05) is 7.11 Å². The Hall–Kier alpha value is -1.97. The summed E-state index contributed by atoms with van der Waals surface area (Å²) >= 11 is 5.68. The van der Waals surface area contributed by atoms with Crippen LogP contribution in [0, 0.1) is 0 Å². The summed E-state index contributed by atoms with van der Waals surface area (Å²) in [4.78, 5) is 11.3. The molecule has 114 valence electrons. The Balaban J connectivity index is 2.73. The van der Waals surface area contributed by atoms with Gasteiger partial charge in [-0.15, -0.1) is 10.2 Å². The van der Waals surface area contributed by atoms with Gasteiger partial charge in [-0.1, -0.05) is 11.6 Å². The van der Waals surface area contributed by atoms with Gasteiger partial charge in [-0.05, 0) is 6.07 Å². The van der Waals surface area contributed by atoms with Crippen LogP contribution >= 0.6 is 11.6 Å². The Labute approximate surface area is 118 Å². The lowest BCUT2D eigenvalue weighted by Gasteiger charge is -2.17. The molecular weight excluding hydrogens is 325 g/mol. The molecule has 0 radical (unpaired) electrons. The molecule has 11 heteroatoms. The number of aromatic nitrogens is 3. The van der Waals surface area contributed by atoms with Crippen LogP contribution in [0.1, 0.15) is 16.2 Å². The summed E-state index contributed by atoms with van der Waals surface area (Å²) in [5.41, 5.74) is -0.766. The number of rotatable bonds is 2. The van der Waals surface area contributed by atoms with E-state index < -0.39 is 29.5 Å². The van der Waals surface area contributed by atoms with E-state index in [2.05, 4.69) is 14.9 Å². The quantitative estimate of drug-likeness (QED) is 0.628. The second-order valence-corrected chi connectivity index (χ2v) is 4.26. The number of ether oxygens (including phenoxy) is 1. The number of esters is 1. The number of fused-ring (bicyclic) bond motifs is 1. The number of nitrogens with zero attached hydrogens (tertiary/aromatic N) is 3. The molecule has 0 aliphatic heterocycles. The monoisotopic (exact) mass is 329 g/mol. The molecule has 2 aromatic rings. The Morgan fingerprint density at radius 2 is 1.90 bits per heavy atom. The minimum atomic E-state index is -5.87. The van der Waals surface area contributed by atoms with E-state index in [9.17, 15) is 26.7 Å². The van der Waals surface area contributed by atoms with Gasteiger partial charge in [-0.3, -0.25) is 4.40 Å². The first-order valence-corrected chi connectivity index (χ1v) is 5.55. The van der Waals surface area contributed by atoms with Gasteiger partial charge in [0.15, 0.2) is 5.65 Å². The molecule has 0 aromatic carbocycles. The number of carbonyl (C=O) groups is 1. The first kappa shape index (κ1) is 15.4. The zero-order valence-corrected chi connectivity index (χ0v) is 10.8. The maximum atomic E-state index is 13.4. The zero-order chi connectivity index (χ0) is 16.0. The van der Waals surface area contributed by atoms with Crippen LogP contribution in [0.5, 0.6) is 0 Å². The molecule has 2 aromatic heterocycles. The predicted molar refractivity (Wildman–Crippen MR) is 59.3 cm³/mol. The smallest absolute Gasteiger partial charge is 0.461 e. The summed E-state index contributed by atoms with van der Waals surface area (Å²) in [7, 11) is 1.01. The first-order valence-electron chi connectivity index (χ1n) is 5.17. The fourth-order valence-corrected chi connectivity index (χ4v) is 1.77. The number of carbonyl (C=O) groups excluding carboxylic acids is 1. The topological polar surface area (TPSA) is 56.5 Å². The third-order valence-corrected chi connectivity index (χ3v) is 2.80. The zero-order valence-electron chi connectivity index (χ0n) is 10.1. The first-order chi connectivity index (χ1) is 9.59. The Morgan fingerprint density at radius 1 is 1.29 bits per heavy atom. The molecule has 0 amide bonds. The molecule has 2 rings (SSSR count). The van der Waals surface area contributed by atoms with Crippen molar-refractivity contribution in [2.45, 2.75) is 12.1 Å². The fraction of sp³-hybridized carbons (Fsp3) is 0.300. The van der Waals surface area contributed by atoms with Crippen molar-refractivity contribution in [2.24, 2.45) is 0 Å². The molecule has 21 heavy (non-hydrogen) atoms. The molecule has 0 saturated carbocycles. The van der Waals surface area contributed by atoms with Gasteiger partial charge in [0.25, 0.3) is 0 Å². The highest BCUT2D eigenvalue weighted by Gasteiger charge is 2.62. The van der Waals surface area contributed by atoms with Crippen molar-refractivity contribution in [3.8, 4) is 0 Å². The molecule has 0 spiro atoms. The second-order valence-electron chi connectivity index (χ2n) is 3.86. The van der Waals surface area contributed by atoms with Gasteiger partial charge in [0.1, 0.15) is 0 Å². The summed E-state index contributed by atoms with van der Waals surface area (Å²) in [5.74, 6) is -7.92. The lowest BCUT2D eigenvalue weighted by Crippen LogP contribution is -2.35. The van der Waals surface area contributed by atoms with Crippen LogP contribution in [0.4, 0.5) is 22.0 Å².